The van der Waals surface area contributed by atoms with Gasteiger partial charge in [0.2, 0.25) is 6.39 Å². The highest BCUT2D eigenvalue weighted by atomic mass is 16.5. The Balaban J connectivity index is 1.37. The van der Waals surface area contributed by atoms with Gasteiger partial charge in [0.15, 0.2) is 0 Å². The second-order valence-corrected chi connectivity index (χ2v) is 7.69. The van der Waals surface area contributed by atoms with E-state index < -0.39 is 0 Å². The van der Waals surface area contributed by atoms with E-state index in [0.29, 0.717) is 24.0 Å². The van der Waals surface area contributed by atoms with Gasteiger partial charge in [0.05, 0.1) is 13.2 Å². The van der Waals surface area contributed by atoms with Crippen LogP contribution in [0.3, 0.4) is 0 Å². The van der Waals surface area contributed by atoms with E-state index >= 15 is 0 Å². The summed E-state index contributed by atoms with van der Waals surface area (Å²) in [6.07, 6.45) is 5.77. The van der Waals surface area contributed by atoms with Crippen molar-refractivity contribution in [3.63, 3.8) is 0 Å². The molecule has 1 fully saturated rings. The molecule has 158 valence electrons. The third kappa shape index (κ3) is 5.93. The Bertz CT molecular complexity index is 773. The molecule has 0 spiro atoms. The molecule has 2 heterocycles. The van der Waals surface area contributed by atoms with E-state index in [1.54, 1.807) is 13.0 Å². The van der Waals surface area contributed by atoms with Crippen molar-refractivity contribution in [1.82, 2.24) is 15.5 Å². The van der Waals surface area contributed by atoms with E-state index in [-0.39, 0.29) is 18.6 Å². The zero-order valence-electron chi connectivity index (χ0n) is 17.1. The topological polar surface area (TPSA) is 101 Å². The van der Waals surface area contributed by atoms with Gasteiger partial charge in [-0.1, -0.05) is 0 Å². The van der Waals surface area contributed by atoms with Crippen LogP contribution in [0.2, 0.25) is 0 Å². The Morgan fingerprint density at radius 2 is 2.21 bits per heavy atom. The predicted octanol–water partition coefficient (Wildman–Crippen LogP) is 2.56. The molecule has 8 nitrogen and oxygen atoms in total. The highest BCUT2D eigenvalue weighted by Crippen LogP contribution is 2.24. The number of carbonyl (C=O) groups is 1. The fraction of sp³-hybridized carbons (Fsp3) is 0.571. The van der Waals surface area contributed by atoms with Crippen LogP contribution < -0.4 is 15.0 Å². The SMILES string of the molecule is Cc1cc(OCCCC2CCN(c3ncon3)CC2)ccc1C(=O)NC(C)CO. The van der Waals surface area contributed by atoms with Crippen LogP contribution in [0.15, 0.2) is 29.1 Å². The summed E-state index contributed by atoms with van der Waals surface area (Å²) < 4.78 is 10.7. The zero-order valence-corrected chi connectivity index (χ0v) is 17.1. The lowest BCUT2D eigenvalue weighted by Crippen LogP contribution is -2.35. The number of piperidine rings is 1. The first-order valence-corrected chi connectivity index (χ1v) is 10.2. The summed E-state index contributed by atoms with van der Waals surface area (Å²) in [6.45, 7) is 6.16. The number of hydrogen-bond acceptors (Lipinski definition) is 7. The van der Waals surface area contributed by atoms with Crippen molar-refractivity contribution in [3.05, 3.63) is 35.7 Å². The van der Waals surface area contributed by atoms with Gasteiger partial charge in [-0.05, 0) is 74.4 Å². The van der Waals surface area contributed by atoms with Crippen LogP contribution >= 0.6 is 0 Å². The summed E-state index contributed by atoms with van der Waals surface area (Å²) >= 11 is 0. The highest BCUT2D eigenvalue weighted by molar-refractivity contribution is 5.95. The molecule has 1 aliphatic heterocycles. The number of aliphatic hydroxyl groups excluding tert-OH is 1. The molecule has 2 aromatic rings. The molecule has 8 heteroatoms. The number of nitrogens with one attached hydrogen (secondary N) is 1. The van der Waals surface area contributed by atoms with Crippen molar-refractivity contribution in [2.75, 3.05) is 31.2 Å². The Morgan fingerprint density at radius 1 is 1.41 bits per heavy atom. The maximum absolute atomic E-state index is 12.2. The fourth-order valence-electron chi connectivity index (χ4n) is 3.62. The number of hydrogen-bond donors (Lipinski definition) is 2. The lowest BCUT2D eigenvalue weighted by molar-refractivity contribution is 0.0921. The minimum atomic E-state index is -0.267. The van der Waals surface area contributed by atoms with E-state index in [2.05, 4.69) is 20.4 Å². The first-order chi connectivity index (χ1) is 14.1. The third-order valence-corrected chi connectivity index (χ3v) is 5.37. The molecule has 29 heavy (non-hydrogen) atoms. The summed E-state index contributed by atoms with van der Waals surface area (Å²) in [5.74, 6) is 1.98. The minimum Gasteiger partial charge on any atom is -0.494 e. The van der Waals surface area contributed by atoms with Crippen LogP contribution in [0.4, 0.5) is 5.95 Å². The lowest BCUT2D eigenvalue weighted by atomic mass is 9.92. The van der Waals surface area contributed by atoms with E-state index in [9.17, 15) is 4.79 Å². The third-order valence-electron chi connectivity index (χ3n) is 5.37. The second-order valence-electron chi connectivity index (χ2n) is 7.69. The summed E-state index contributed by atoms with van der Waals surface area (Å²) in [6, 6.07) is 5.23. The molecule has 1 atom stereocenters. The van der Waals surface area contributed by atoms with Gasteiger partial charge in [-0.25, -0.2) is 0 Å². The van der Waals surface area contributed by atoms with Gasteiger partial charge in [0, 0.05) is 24.7 Å². The minimum absolute atomic E-state index is 0.0812. The van der Waals surface area contributed by atoms with E-state index in [4.69, 9.17) is 14.4 Å². The molecule has 1 aliphatic rings. The predicted molar refractivity (Wildman–Crippen MR) is 109 cm³/mol. The quantitative estimate of drug-likeness (QED) is 0.622. The molecule has 0 aliphatic carbocycles. The number of benzene rings is 1. The van der Waals surface area contributed by atoms with Gasteiger partial charge in [-0.15, -0.1) is 0 Å². The number of anilines is 1. The standard InChI is InChI=1S/C21H30N4O4/c1-15-12-18(5-6-19(15)20(27)23-16(2)13-26)28-11-3-4-17-7-9-25(10-8-17)21-22-14-29-24-21/h5-6,12,14,16-17,26H,3-4,7-11,13H2,1-2H3,(H,23,27). The van der Waals surface area contributed by atoms with Gasteiger partial charge in [-0.2, -0.15) is 4.98 Å². The van der Waals surface area contributed by atoms with Crippen molar-refractivity contribution >= 4 is 11.9 Å². The van der Waals surface area contributed by atoms with Gasteiger partial charge < -0.3 is 24.6 Å². The average molecular weight is 402 g/mol. The Kier molecular flexibility index (Phi) is 7.46. The van der Waals surface area contributed by atoms with Crippen LogP contribution in [-0.4, -0.2) is 53.5 Å². The first kappa shape index (κ1) is 21.1. The van der Waals surface area contributed by atoms with Crippen molar-refractivity contribution in [2.45, 2.75) is 45.6 Å². The van der Waals surface area contributed by atoms with Gasteiger partial charge in [0.25, 0.3) is 11.9 Å². The Hall–Kier alpha value is -2.61. The molecule has 3 rings (SSSR count). The molecule has 1 amide bonds. The number of amides is 1. The van der Waals surface area contributed by atoms with Gasteiger partial charge in [0.1, 0.15) is 5.75 Å². The normalized spacial score (nSPS) is 15.9. The molecular formula is C21H30N4O4. The van der Waals surface area contributed by atoms with Crippen molar-refractivity contribution < 1.29 is 19.2 Å². The fourth-order valence-corrected chi connectivity index (χ4v) is 3.62. The van der Waals surface area contributed by atoms with Crippen LogP contribution in [0.25, 0.3) is 0 Å². The first-order valence-electron chi connectivity index (χ1n) is 10.2. The smallest absolute Gasteiger partial charge is 0.265 e. The highest BCUT2D eigenvalue weighted by Gasteiger charge is 2.21. The molecule has 1 saturated heterocycles. The zero-order chi connectivity index (χ0) is 20.6. The molecule has 0 radical (unpaired) electrons. The van der Waals surface area contributed by atoms with Crippen molar-refractivity contribution in [3.8, 4) is 5.75 Å². The molecule has 1 aromatic heterocycles. The number of aryl methyl sites for hydroxylation is 1. The number of aliphatic hydroxyl groups is 1. The number of aromatic nitrogens is 2. The summed E-state index contributed by atoms with van der Waals surface area (Å²) in [5, 5.41) is 15.7. The van der Waals surface area contributed by atoms with Crippen LogP contribution in [0.1, 0.15) is 48.5 Å². The summed E-state index contributed by atoms with van der Waals surface area (Å²) in [5.41, 5.74) is 1.46. The van der Waals surface area contributed by atoms with E-state index in [0.717, 1.165) is 50.1 Å². The Morgan fingerprint density at radius 3 is 2.86 bits per heavy atom. The Labute approximate surface area is 171 Å². The maximum atomic E-state index is 12.2. The van der Waals surface area contributed by atoms with E-state index in [1.165, 1.54) is 6.39 Å². The molecular weight excluding hydrogens is 372 g/mol. The largest absolute Gasteiger partial charge is 0.494 e. The van der Waals surface area contributed by atoms with Crippen LogP contribution in [0, 0.1) is 12.8 Å². The average Bonchev–Trinajstić information content (AvgIpc) is 3.26. The van der Waals surface area contributed by atoms with Crippen molar-refractivity contribution in [1.29, 1.82) is 0 Å². The monoisotopic (exact) mass is 402 g/mol. The molecule has 1 unspecified atom stereocenters. The maximum Gasteiger partial charge on any atom is 0.265 e. The molecule has 2 N–H and O–H groups in total. The number of carbonyl (C=O) groups excluding carboxylic acids is 1. The number of nitrogens with zero attached hydrogens (tertiary/aromatic N) is 3. The second kappa shape index (κ2) is 10.2. The summed E-state index contributed by atoms with van der Waals surface area (Å²) in [7, 11) is 0. The summed E-state index contributed by atoms with van der Waals surface area (Å²) in [4.78, 5) is 18.5. The molecule has 0 saturated carbocycles. The van der Waals surface area contributed by atoms with Crippen LogP contribution in [-0.2, 0) is 0 Å². The van der Waals surface area contributed by atoms with Gasteiger partial charge >= 0.3 is 0 Å². The lowest BCUT2D eigenvalue weighted by Gasteiger charge is -2.30. The number of ether oxygens (including phenoxy) is 1. The van der Waals surface area contributed by atoms with Crippen molar-refractivity contribution in [2.24, 2.45) is 5.92 Å². The van der Waals surface area contributed by atoms with Gasteiger partial charge in [-0.3, -0.25) is 4.79 Å². The van der Waals surface area contributed by atoms with E-state index in [1.807, 2.05) is 19.1 Å². The van der Waals surface area contributed by atoms with Crippen LogP contribution in [0.5, 0.6) is 5.75 Å². The number of rotatable bonds is 9. The molecule has 1 aromatic carbocycles. The molecule has 0 bridgehead atoms.